The number of aromatic nitrogens is 2. The number of hydrogen-bond donors (Lipinski definition) is 1. The molecule has 8 nitrogen and oxygen atoms in total. The quantitative estimate of drug-likeness (QED) is 0.245. The van der Waals surface area contributed by atoms with Crippen molar-refractivity contribution in [3.8, 4) is 22.9 Å². The lowest BCUT2D eigenvalue weighted by molar-refractivity contribution is -0.139. The zero-order valence-electron chi connectivity index (χ0n) is 21.6. The number of carboxylic acids is 1. The molecule has 0 spiro atoms. The van der Waals surface area contributed by atoms with Gasteiger partial charge >= 0.3 is 5.97 Å². The first-order chi connectivity index (χ1) is 18.2. The molecular weight excluding hydrogens is 550 g/mol. The molecule has 0 radical (unpaired) electrons. The van der Waals surface area contributed by atoms with Gasteiger partial charge in [-0.1, -0.05) is 41.9 Å². The van der Waals surface area contributed by atoms with Gasteiger partial charge in [0.1, 0.15) is 11.5 Å². The summed E-state index contributed by atoms with van der Waals surface area (Å²) in [7, 11) is 0. The molecule has 0 bridgehead atoms. The Labute approximate surface area is 228 Å². The van der Waals surface area contributed by atoms with Gasteiger partial charge in [-0.25, -0.2) is 9.78 Å². The predicted molar refractivity (Wildman–Crippen MR) is 152 cm³/mol. The minimum Gasteiger partial charge on any atom is -0.494 e. The van der Waals surface area contributed by atoms with Gasteiger partial charge in [-0.3, -0.25) is 4.79 Å². The van der Waals surface area contributed by atoms with Crippen molar-refractivity contribution >= 4 is 39.0 Å². The summed E-state index contributed by atoms with van der Waals surface area (Å²) in [5.74, 6) is 0.587. The van der Waals surface area contributed by atoms with Gasteiger partial charge in [0.15, 0.2) is 12.4 Å². The van der Waals surface area contributed by atoms with Crippen LogP contribution in [-0.2, 0) is 4.79 Å². The van der Waals surface area contributed by atoms with Gasteiger partial charge in [0.2, 0.25) is 0 Å². The molecule has 0 saturated heterocycles. The van der Waals surface area contributed by atoms with Crippen LogP contribution in [0.3, 0.4) is 0 Å². The minimum absolute atomic E-state index is 0.177. The lowest BCUT2D eigenvalue weighted by Crippen LogP contribution is -2.21. The van der Waals surface area contributed by atoms with Crippen molar-refractivity contribution in [1.82, 2.24) is 9.66 Å². The van der Waals surface area contributed by atoms with Crippen molar-refractivity contribution in [1.29, 1.82) is 0 Å². The van der Waals surface area contributed by atoms with E-state index in [1.807, 2.05) is 32.0 Å². The summed E-state index contributed by atoms with van der Waals surface area (Å²) < 4.78 is 13.3. The maximum atomic E-state index is 13.7. The van der Waals surface area contributed by atoms with Crippen LogP contribution < -0.4 is 15.0 Å². The predicted octanol–water partition coefficient (Wildman–Crippen LogP) is 6.00. The fraction of sp³-hybridized carbons (Fsp3) is 0.241. The normalized spacial score (nSPS) is 11.4. The molecule has 38 heavy (non-hydrogen) atoms. The Morgan fingerprint density at radius 1 is 1.13 bits per heavy atom. The molecule has 0 atom stereocenters. The Hall–Kier alpha value is -3.98. The second-order valence-electron chi connectivity index (χ2n) is 8.97. The summed E-state index contributed by atoms with van der Waals surface area (Å²) in [6, 6.07) is 16.2. The lowest BCUT2D eigenvalue weighted by Gasteiger charge is -2.18. The summed E-state index contributed by atoms with van der Waals surface area (Å²) in [6.45, 7) is 8.10. The highest BCUT2D eigenvalue weighted by Gasteiger charge is 2.19. The van der Waals surface area contributed by atoms with Crippen LogP contribution in [0.15, 0.2) is 69.0 Å². The number of benzene rings is 3. The SMILES string of the molecule is CCOc1cc(C)c(-c2nc3ccccc3c(=O)n2N=Cc2cc(Br)ccc2OCC(=O)O)cc1C(C)C. The average Bonchev–Trinajstić information content (AvgIpc) is 2.87. The Morgan fingerprint density at radius 3 is 2.61 bits per heavy atom. The smallest absolute Gasteiger partial charge is 0.341 e. The van der Waals surface area contributed by atoms with E-state index in [0.717, 1.165) is 26.9 Å². The van der Waals surface area contributed by atoms with Crippen LogP contribution in [0.25, 0.3) is 22.3 Å². The third kappa shape index (κ3) is 5.78. The maximum Gasteiger partial charge on any atom is 0.341 e. The van der Waals surface area contributed by atoms with E-state index < -0.39 is 12.6 Å². The van der Waals surface area contributed by atoms with Crippen molar-refractivity contribution in [2.24, 2.45) is 5.10 Å². The lowest BCUT2D eigenvalue weighted by atomic mass is 9.96. The third-order valence-electron chi connectivity index (χ3n) is 5.91. The van der Waals surface area contributed by atoms with Crippen LogP contribution in [0.2, 0.25) is 0 Å². The first-order valence-corrected chi connectivity index (χ1v) is 13.0. The Balaban J connectivity index is 1.94. The number of aryl methyl sites for hydroxylation is 1. The standard InChI is InChI=1S/C29H28BrN3O5/c1-5-37-26-12-18(4)23(14-22(26)17(2)3)28-32-24-9-7-6-8-21(24)29(36)33(28)31-15-19-13-20(30)10-11-25(19)38-16-27(34)35/h6-15,17H,5,16H2,1-4H3,(H,34,35). The zero-order chi connectivity index (χ0) is 27.4. The molecule has 0 saturated carbocycles. The topological polar surface area (TPSA) is 103 Å². The van der Waals surface area contributed by atoms with Gasteiger partial charge in [0.25, 0.3) is 5.56 Å². The van der Waals surface area contributed by atoms with Gasteiger partial charge in [0, 0.05) is 15.6 Å². The molecule has 4 aromatic rings. The van der Waals surface area contributed by atoms with Crippen LogP contribution in [0.4, 0.5) is 0 Å². The van der Waals surface area contributed by atoms with E-state index in [1.54, 1.807) is 36.4 Å². The molecule has 0 amide bonds. The van der Waals surface area contributed by atoms with E-state index in [0.29, 0.717) is 34.6 Å². The first kappa shape index (κ1) is 27.1. The molecule has 1 N–H and O–H groups in total. The molecular formula is C29H28BrN3O5. The van der Waals surface area contributed by atoms with Gasteiger partial charge in [-0.2, -0.15) is 9.78 Å². The van der Waals surface area contributed by atoms with Crippen LogP contribution >= 0.6 is 15.9 Å². The molecule has 0 fully saturated rings. The largest absolute Gasteiger partial charge is 0.494 e. The number of nitrogens with zero attached hydrogens (tertiary/aromatic N) is 3. The second kappa shape index (κ2) is 11.6. The average molecular weight is 578 g/mol. The summed E-state index contributed by atoms with van der Waals surface area (Å²) in [6.07, 6.45) is 1.47. The van der Waals surface area contributed by atoms with Crippen LogP contribution in [-0.4, -0.2) is 40.2 Å². The fourth-order valence-corrected chi connectivity index (χ4v) is 4.47. The molecule has 9 heteroatoms. The van der Waals surface area contributed by atoms with Crippen LogP contribution in [0, 0.1) is 6.92 Å². The highest BCUT2D eigenvalue weighted by atomic mass is 79.9. The molecule has 0 unspecified atom stereocenters. The number of aliphatic carboxylic acids is 1. The monoisotopic (exact) mass is 577 g/mol. The summed E-state index contributed by atoms with van der Waals surface area (Å²) in [4.78, 5) is 29.6. The maximum absolute atomic E-state index is 13.7. The van der Waals surface area contributed by atoms with Gasteiger partial charge in [-0.15, -0.1) is 0 Å². The van der Waals surface area contributed by atoms with E-state index in [-0.39, 0.29) is 11.5 Å². The van der Waals surface area contributed by atoms with Crippen molar-refractivity contribution < 1.29 is 19.4 Å². The van der Waals surface area contributed by atoms with Crippen molar-refractivity contribution in [2.45, 2.75) is 33.6 Å². The number of carbonyl (C=O) groups is 1. The number of rotatable bonds is 9. The van der Waals surface area contributed by atoms with Gasteiger partial charge in [0.05, 0.1) is 23.7 Å². The van der Waals surface area contributed by atoms with E-state index in [4.69, 9.17) is 19.6 Å². The van der Waals surface area contributed by atoms with Crippen LogP contribution in [0.1, 0.15) is 43.4 Å². The molecule has 0 aliphatic heterocycles. The van der Waals surface area contributed by atoms with E-state index >= 15 is 0 Å². The molecule has 4 rings (SSSR count). The van der Waals surface area contributed by atoms with Crippen molar-refractivity contribution in [2.75, 3.05) is 13.2 Å². The van der Waals surface area contributed by atoms with E-state index in [9.17, 15) is 9.59 Å². The zero-order valence-corrected chi connectivity index (χ0v) is 23.2. The number of hydrogen-bond acceptors (Lipinski definition) is 6. The molecule has 3 aromatic carbocycles. The molecule has 0 aliphatic carbocycles. The van der Waals surface area contributed by atoms with Crippen LogP contribution in [0.5, 0.6) is 11.5 Å². The highest BCUT2D eigenvalue weighted by Crippen LogP contribution is 2.34. The minimum atomic E-state index is -1.10. The second-order valence-corrected chi connectivity index (χ2v) is 9.89. The molecule has 1 heterocycles. The summed E-state index contributed by atoms with van der Waals surface area (Å²) in [5.41, 5.74) is 3.38. The van der Waals surface area contributed by atoms with E-state index in [2.05, 4.69) is 34.9 Å². The molecule has 1 aromatic heterocycles. The van der Waals surface area contributed by atoms with Crippen molar-refractivity contribution in [3.05, 3.63) is 86.1 Å². The Kier molecular flexibility index (Phi) is 8.26. The van der Waals surface area contributed by atoms with E-state index in [1.165, 1.54) is 10.9 Å². The highest BCUT2D eigenvalue weighted by molar-refractivity contribution is 9.10. The third-order valence-corrected chi connectivity index (χ3v) is 6.40. The fourth-order valence-electron chi connectivity index (χ4n) is 4.09. The number of ether oxygens (including phenoxy) is 2. The summed E-state index contributed by atoms with van der Waals surface area (Å²) >= 11 is 3.42. The molecule has 0 aliphatic rings. The Morgan fingerprint density at radius 2 is 1.89 bits per heavy atom. The number of fused-ring (bicyclic) bond motifs is 1. The van der Waals surface area contributed by atoms with Crippen molar-refractivity contribution in [3.63, 3.8) is 0 Å². The number of carboxylic acid groups (broad SMARTS) is 1. The summed E-state index contributed by atoms with van der Waals surface area (Å²) in [5, 5.41) is 14.0. The number of para-hydroxylation sites is 1. The Bertz CT molecular complexity index is 1590. The van der Waals surface area contributed by atoms with Gasteiger partial charge in [-0.05, 0) is 73.4 Å². The first-order valence-electron chi connectivity index (χ1n) is 12.2. The van der Waals surface area contributed by atoms with Gasteiger partial charge < -0.3 is 14.6 Å². The molecule has 196 valence electrons. The number of halogens is 1.